The van der Waals surface area contributed by atoms with Crippen LogP contribution in [0.15, 0.2) is 101 Å². The predicted octanol–water partition coefficient (Wildman–Crippen LogP) is 6.36. The molecule has 10 nitrogen and oxygen atoms in total. The monoisotopic (exact) mass is 641 g/mol. The summed E-state index contributed by atoms with van der Waals surface area (Å²) in [6, 6.07) is 24.4. The van der Waals surface area contributed by atoms with Crippen molar-refractivity contribution in [2.75, 3.05) is 20.3 Å². The third kappa shape index (κ3) is 7.86. The van der Waals surface area contributed by atoms with E-state index < -0.39 is 29.2 Å². The topological polar surface area (TPSA) is 138 Å². The average Bonchev–Trinajstić information content (AvgIpc) is 3.47. The molecule has 2 atom stereocenters. The first-order valence-electron chi connectivity index (χ1n) is 14.9. The Bertz CT molecular complexity index is 1780. The number of amides is 1. The molecule has 5 rings (SSSR count). The number of hydrogen-bond acceptors (Lipinski definition) is 7. The number of carbonyl (C=O) groups is 1. The van der Waals surface area contributed by atoms with Gasteiger partial charge in [-0.15, -0.1) is 0 Å². The molecule has 242 valence electrons. The van der Waals surface area contributed by atoms with Crippen molar-refractivity contribution in [3.8, 4) is 11.5 Å². The van der Waals surface area contributed by atoms with Crippen LogP contribution < -0.4 is 14.8 Å². The smallest absolute Gasteiger partial charge is 0.252 e. The number of hydrogen-bond donors (Lipinski definition) is 2. The maximum Gasteiger partial charge on any atom is 0.252 e. The summed E-state index contributed by atoms with van der Waals surface area (Å²) < 4.78 is 45.7. The molecule has 1 heterocycles. The highest BCUT2D eigenvalue weighted by Crippen LogP contribution is 2.43. The van der Waals surface area contributed by atoms with Crippen molar-refractivity contribution >= 4 is 11.8 Å². The summed E-state index contributed by atoms with van der Waals surface area (Å²) >= 11 is 0. The van der Waals surface area contributed by atoms with Gasteiger partial charge in [0.15, 0.2) is 11.6 Å². The predicted molar refractivity (Wildman–Crippen MR) is 171 cm³/mol. The van der Waals surface area contributed by atoms with Gasteiger partial charge in [0.2, 0.25) is 5.90 Å². The number of carbonyl (C=O) groups excluding carboxylic acids is 1. The average molecular weight is 642 g/mol. The summed E-state index contributed by atoms with van der Waals surface area (Å²) in [5.41, 5.74) is 10.2. The Hall–Kier alpha value is -5.45. The van der Waals surface area contributed by atoms with Gasteiger partial charge in [-0.2, -0.15) is 0 Å². The second-order valence-corrected chi connectivity index (χ2v) is 10.9. The minimum atomic E-state index is -1.63. The summed E-state index contributed by atoms with van der Waals surface area (Å²) in [6.45, 7) is 0.231. The number of aliphatic imine (C=N–C) groups is 1. The molecule has 1 amide bonds. The molecule has 0 aromatic heterocycles. The van der Waals surface area contributed by atoms with Crippen LogP contribution in [0.2, 0.25) is 0 Å². The lowest BCUT2D eigenvalue weighted by atomic mass is 9.80. The first kappa shape index (κ1) is 32.9. The number of aliphatic hydroxyl groups is 1. The number of nitrogens with one attached hydrogen (secondary N) is 1. The molecule has 0 saturated heterocycles. The largest absolute Gasteiger partial charge is 0.497 e. The number of rotatable bonds is 14. The van der Waals surface area contributed by atoms with Crippen LogP contribution in [-0.4, -0.2) is 42.8 Å². The number of aliphatic hydroxyl groups excluding tert-OH is 1. The normalized spacial score (nSPS) is 16.9. The van der Waals surface area contributed by atoms with E-state index in [1.807, 2.05) is 18.2 Å². The third-order valence-electron chi connectivity index (χ3n) is 7.68. The van der Waals surface area contributed by atoms with E-state index in [2.05, 4.69) is 15.3 Å². The molecule has 47 heavy (non-hydrogen) atoms. The Kier molecular flexibility index (Phi) is 10.7. The summed E-state index contributed by atoms with van der Waals surface area (Å²) in [5, 5.41) is 15.6. The van der Waals surface area contributed by atoms with Gasteiger partial charge in [-0.25, -0.2) is 13.8 Å². The van der Waals surface area contributed by atoms with Crippen molar-refractivity contribution in [2.45, 2.75) is 37.6 Å². The van der Waals surface area contributed by atoms with Crippen LogP contribution in [-0.2, 0) is 29.0 Å². The van der Waals surface area contributed by atoms with E-state index in [9.17, 15) is 13.6 Å². The summed E-state index contributed by atoms with van der Waals surface area (Å²) in [4.78, 5) is 22.4. The van der Waals surface area contributed by atoms with Crippen molar-refractivity contribution in [1.29, 1.82) is 0 Å². The first-order valence-corrected chi connectivity index (χ1v) is 14.9. The summed E-state index contributed by atoms with van der Waals surface area (Å²) in [7, 11) is 1.53. The van der Waals surface area contributed by atoms with Gasteiger partial charge >= 0.3 is 0 Å². The zero-order chi connectivity index (χ0) is 33.2. The van der Waals surface area contributed by atoms with E-state index in [-0.39, 0.29) is 37.6 Å². The standard InChI is InChI=1S/C35H33F2N5O5/c1-45-31-9-4-8-25(18-31)32-35(20-26-6-2-3-7-27(26)22-40-42-38,34(44)39-21-23-16-28(36)19-29(37)17-23)41-33(47-32)24-10-12-30(13-11-24)46-15-5-14-43/h2-4,6-13,16-19,32,43H,5,14-15,20-22H2,1H3,(H,39,44)/t32-,35-/m1/s1. The molecule has 2 N–H and O–H groups in total. The zero-order valence-corrected chi connectivity index (χ0v) is 25.6. The Morgan fingerprint density at radius 2 is 1.77 bits per heavy atom. The zero-order valence-electron chi connectivity index (χ0n) is 25.6. The summed E-state index contributed by atoms with van der Waals surface area (Å²) in [6.07, 6.45) is -0.452. The molecule has 0 fully saturated rings. The number of ether oxygens (including phenoxy) is 3. The van der Waals surface area contributed by atoms with Gasteiger partial charge in [0, 0.05) is 42.5 Å². The van der Waals surface area contributed by atoms with Crippen LogP contribution in [0, 0.1) is 11.6 Å². The Balaban J connectivity index is 1.61. The maximum atomic E-state index is 14.5. The highest BCUT2D eigenvalue weighted by molar-refractivity contribution is 6.01. The molecule has 0 spiro atoms. The fourth-order valence-electron chi connectivity index (χ4n) is 5.42. The molecule has 0 radical (unpaired) electrons. The van der Waals surface area contributed by atoms with Crippen LogP contribution in [0.4, 0.5) is 8.78 Å². The number of azide groups is 1. The molecule has 0 aliphatic carbocycles. The molecule has 4 aromatic rings. The van der Waals surface area contributed by atoms with Crippen LogP contribution >= 0.6 is 0 Å². The molecule has 0 unspecified atom stereocenters. The van der Waals surface area contributed by atoms with Gasteiger partial charge in [0.05, 0.1) is 20.3 Å². The fraction of sp³-hybridized carbons (Fsp3) is 0.257. The molecular weight excluding hydrogens is 608 g/mol. The third-order valence-corrected chi connectivity index (χ3v) is 7.68. The Labute approximate surface area is 270 Å². The molecular formula is C35H33F2N5O5. The molecule has 1 aliphatic rings. The van der Waals surface area contributed by atoms with E-state index in [1.165, 1.54) is 7.11 Å². The van der Waals surface area contributed by atoms with Gasteiger partial charge in [-0.05, 0) is 76.3 Å². The molecule has 0 saturated carbocycles. The number of halogens is 2. The minimum Gasteiger partial charge on any atom is -0.497 e. The quantitative estimate of drug-likeness (QED) is 0.0714. The van der Waals surface area contributed by atoms with Crippen LogP contribution in [0.25, 0.3) is 10.4 Å². The van der Waals surface area contributed by atoms with Crippen molar-refractivity contribution in [3.05, 3.63) is 141 Å². The van der Waals surface area contributed by atoms with Gasteiger partial charge in [0.25, 0.3) is 5.91 Å². The van der Waals surface area contributed by atoms with E-state index >= 15 is 0 Å². The lowest BCUT2D eigenvalue weighted by Crippen LogP contribution is -2.49. The highest BCUT2D eigenvalue weighted by Gasteiger charge is 2.53. The number of nitrogens with zero attached hydrogens (tertiary/aromatic N) is 4. The van der Waals surface area contributed by atoms with E-state index in [1.54, 1.807) is 54.6 Å². The van der Waals surface area contributed by atoms with Crippen LogP contribution in [0.1, 0.15) is 40.3 Å². The second-order valence-electron chi connectivity index (χ2n) is 10.9. The van der Waals surface area contributed by atoms with Gasteiger partial charge in [-0.1, -0.05) is 41.5 Å². The minimum absolute atomic E-state index is 0.0126. The van der Waals surface area contributed by atoms with E-state index in [0.717, 1.165) is 18.2 Å². The number of benzene rings is 4. The van der Waals surface area contributed by atoms with Crippen LogP contribution in [0.3, 0.4) is 0 Å². The number of methoxy groups -OCH3 is 1. The van der Waals surface area contributed by atoms with Crippen molar-refractivity contribution in [3.63, 3.8) is 0 Å². The van der Waals surface area contributed by atoms with Gasteiger partial charge in [-0.3, -0.25) is 4.79 Å². The molecule has 1 aliphatic heterocycles. The maximum absolute atomic E-state index is 14.5. The van der Waals surface area contributed by atoms with E-state index in [4.69, 9.17) is 29.8 Å². The molecule has 0 bridgehead atoms. The van der Waals surface area contributed by atoms with Crippen molar-refractivity contribution in [2.24, 2.45) is 10.1 Å². The van der Waals surface area contributed by atoms with Crippen molar-refractivity contribution in [1.82, 2.24) is 5.32 Å². The highest BCUT2D eigenvalue weighted by atomic mass is 19.1. The van der Waals surface area contributed by atoms with Crippen molar-refractivity contribution < 1.29 is 32.9 Å². The summed E-state index contributed by atoms with van der Waals surface area (Å²) in [5.74, 6) is -0.760. The molecule has 4 aromatic carbocycles. The Morgan fingerprint density at radius 3 is 2.47 bits per heavy atom. The molecule has 12 heteroatoms. The fourth-order valence-corrected chi connectivity index (χ4v) is 5.42. The SMILES string of the molecule is COc1cccc([C@H]2OC(c3ccc(OCCCO)cc3)=N[C@@]2(Cc2ccccc2CN=[N+]=[N-])C(=O)NCc2cc(F)cc(F)c2)c1. The first-order chi connectivity index (χ1) is 22.8. The second kappa shape index (κ2) is 15.2. The lowest BCUT2D eigenvalue weighted by Gasteiger charge is -2.31. The van der Waals surface area contributed by atoms with Gasteiger partial charge < -0.3 is 24.6 Å². The lowest BCUT2D eigenvalue weighted by molar-refractivity contribution is -0.129. The van der Waals surface area contributed by atoms with Gasteiger partial charge in [0.1, 0.15) is 23.1 Å². The van der Waals surface area contributed by atoms with Crippen LogP contribution in [0.5, 0.6) is 11.5 Å². The Morgan fingerprint density at radius 1 is 1.02 bits per heavy atom. The van der Waals surface area contributed by atoms with E-state index in [0.29, 0.717) is 46.8 Å².